The zero-order valence-corrected chi connectivity index (χ0v) is 15.2. The first kappa shape index (κ1) is 17.9. The number of ether oxygens (including phenoxy) is 1. The molecule has 0 unspecified atom stereocenters. The molecule has 2 fully saturated rings. The molecule has 0 saturated heterocycles. The summed E-state index contributed by atoms with van der Waals surface area (Å²) in [5.74, 6) is -2.54. The van der Waals surface area contributed by atoms with Gasteiger partial charge in [-0.05, 0) is 50.5 Å². The first-order valence-corrected chi connectivity index (χ1v) is 9.61. The van der Waals surface area contributed by atoms with Gasteiger partial charge in [0.25, 0.3) is 0 Å². The maximum absolute atomic E-state index is 12.8. The summed E-state index contributed by atoms with van der Waals surface area (Å²) in [6.07, 6.45) is 3.35. The van der Waals surface area contributed by atoms with Gasteiger partial charge in [0.1, 0.15) is 5.00 Å². The highest BCUT2D eigenvalue weighted by Gasteiger charge is 2.54. The number of carboxylic acid groups (broad SMARTS) is 1. The van der Waals surface area contributed by atoms with E-state index in [-0.39, 0.29) is 24.3 Å². The number of carbonyl (C=O) groups excluding carboxylic acids is 2. The van der Waals surface area contributed by atoms with Crippen molar-refractivity contribution in [3.8, 4) is 0 Å². The van der Waals surface area contributed by atoms with Gasteiger partial charge >= 0.3 is 11.9 Å². The number of hydrogen-bond donors (Lipinski definition) is 2. The maximum Gasteiger partial charge on any atom is 0.341 e. The predicted molar refractivity (Wildman–Crippen MR) is 93.7 cm³/mol. The molecule has 6 nitrogen and oxygen atoms in total. The SMILES string of the molecule is CCOC(=O)c1cc(CC)sc1NC(=O)[C@H]1[C@H]2CC[C@@H](C2)[C@H]1C(=O)O. The van der Waals surface area contributed by atoms with Crippen LogP contribution in [0.5, 0.6) is 0 Å². The summed E-state index contributed by atoms with van der Waals surface area (Å²) in [6.45, 7) is 3.97. The number of nitrogens with one attached hydrogen (secondary N) is 1. The predicted octanol–water partition coefficient (Wildman–Crippen LogP) is 3.17. The lowest BCUT2D eigenvalue weighted by molar-refractivity contribution is -0.148. The zero-order valence-electron chi connectivity index (χ0n) is 14.4. The van der Waals surface area contributed by atoms with E-state index in [9.17, 15) is 19.5 Å². The van der Waals surface area contributed by atoms with Gasteiger partial charge in [-0.2, -0.15) is 0 Å². The maximum atomic E-state index is 12.8. The lowest BCUT2D eigenvalue weighted by Crippen LogP contribution is -2.37. The number of esters is 1. The van der Waals surface area contributed by atoms with Crippen LogP contribution in [0.1, 0.15) is 48.3 Å². The van der Waals surface area contributed by atoms with Gasteiger partial charge in [-0.15, -0.1) is 11.3 Å². The molecule has 2 N–H and O–H groups in total. The lowest BCUT2D eigenvalue weighted by atomic mass is 9.79. The van der Waals surface area contributed by atoms with Gasteiger partial charge in [0.05, 0.1) is 24.0 Å². The van der Waals surface area contributed by atoms with E-state index in [1.165, 1.54) is 11.3 Å². The van der Waals surface area contributed by atoms with E-state index in [0.717, 1.165) is 30.6 Å². The molecule has 25 heavy (non-hydrogen) atoms. The van der Waals surface area contributed by atoms with E-state index in [0.29, 0.717) is 10.6 Å². The van der Waals surface area contributed by atoms with Crippen LogP contribution in [0.2, 0.25) is 0 Å². The van der Waals surface area contributed by atoms with Gasteiger partial charge in [-0.3, -0.25) is 9.59 Å². The van der Waals surface area contributed by atoms with Gasteiger partial charge in [0.2, 0.25) is 5.91 Å². The van der Waals surface area contributed by atoms with Crippen LogP contribution in [0.15, 0.2) is 6.07 Å². The molecule has 0 aliphatic heterocycles. The summed E-state index contributed by atoms with van der Waals surface area (Å²) in [5, 5.41) is 12.8. The average molecular weight is 365 g/mol. The normalized spacial score (nSPS) is 27.3. The second-order valence-electron chi connectivity index (χ2n) is 6.74. The van der Waals surface area contributed by atoms with Crippen LogP contribution >= 0.6 is 11.3 Å². The molecule has 1 heterocycles. The summed E-state index contributed by atoms with van der Waals surface area (Å²) in [6, 6.07) is 1.74. The van der Waals surface area contributed by atoms with Crippen molar-refractivity contribution in [1.29, 1.82) is 0 Å². The summed E-state index contributed by atoms with van der Waals surface area (Å²) in [4.78, 5) is 37.6. The Morgan fingerprint density at radius 2 is 1.92 bits per heavy atom. The van der Waals surface area contributed by atoms with Crippen molar-refractivity contribution < 1.29 is 24.2 Å². The van der Waals surface area contributed by atoms with Crippen molar-refractivity contribution >= 4 is 34.2 Å². The zero-order chi connectivity index (χ0) is 18.1. The molecule has 1 aromatic heterocycles. The Hall–Kier alpha value is -1.89. The van der Waals surface area contributed by atoms with E-state index in [2.05, 4.69) is 5.32 Å². The minimum atomic E-state index is -0.890. The van der Waals surface area contributed by atoms with Gasteiger partial charge in [-0.1, -0.05) is 6.92 Å². The molecule has 2 saturated carbocycles. The lowest BCUT2D eigenvalue weighted by Gasteiger charge is -2.26. The molecule has 1 aromatic rings. The number of aryl methyl sites for hydroxylation is 1. The van der Waals surface area contributed by atoms with E-state index < -0.39 is 23.8 Å². The number of rotatable bonds is 6. The fourth-order valence-electron chi connectivity index (χ4n) is 4.29. The van der Waals surface area contributed by atoms with Crippen LogP contribution in [0.4, 0.5) is 5.00 Å². The van der Waals surface area contributed by atoms with Crippen molar-refractivity contribution in [2.75, 3.05) is 11.9 Å². The minimum absolute atomic E-state index is 0.0947. The number of aliphatic carboxylic acids is 1. The van der Waals surface area contributed by atoms with E-state index in [1.807, 2.05) is 6.92 Å². The van der Waals surface area contributed by atoms with Crippen molar-refractivity contribution in [2.45, 2.75) is 39.5 Å². The largest absolute Gasteiger partial charge is 0.481 e. The highest BCUT2D eigenvalue weighted by molar-refractivity contribution is 7.16. The van der Waals surface area contributed by atoms with Gasteiger partial charge < -0.3 is 15.2 Å². The molecule has 0 spiro atoms. The van der Waals surface area contributed by atoms with Crippen LogP contribution in [0.3, 0.4) is 0 Å². The van der Waals surface area contributed by atoms with E-state index in [4.69, 9.17) is 4.74 Å². The minimum Gasteiger partial charge on any atom is -0.481 e. The Morgan fingerprint density at radius 3 is 2.52 bits per heavy atom. The van der Waals surface area contributed by atoms with Crippen molar-refractivity contribution in [1.82, 2.24) is 0 Å². The Morgan fingerprint density at radius 1 is 1.24 bits per heavy atom. The van der Waals surface area contributed by atoms with Crippen LogP contribution in [-0.4, -0.2) is 29.6 Å². The topological polar surface area (TPSA) is 92.7 Å². The molecule has 2 aliphatic carbocycles. The smallest absolute Gasteiger partial charge is 0.341 e. The van der Waals surface area contributed by atoms with Crippen LogP contribution < -0.4 is 5.32 Å². The van der Waals surface area contributed by atoms with E-state index >= 15 is 0 Å². The number of anilines is 1. The number of carboxylic acids is 1. The molecule has 7 heteroatoms. The van der Waals surface area contributed by atoms with E-state index in [1.54, 1.807) is 13.0 Å². The quantitative estimate of drug-likeness (QED) is 0.755. The first-order valence-electron chi connectivity index (χ1n) is 8.79. The van der Waals surface area contributed by atoms with Crippen LogP contribution in [-0.2, 0) is 20.7 Å². The molecule has 136 valence electrons. The van der Waals surface area contributed by atoms with Crippen molar-refractivity contribution in [2.24, 2.45) is 23.7 Å². The standard InChI is InChI=1S/C18H23NO5S/c1-3-11-8-12(18(23)24-4-2)16(25-11)19-15(20)13-9-5-6-10(7-9)14(13)17(21)22/h8-10,13-14H,3-7H2,1-2H3,(H,19,20)(H,21,22)/t9-,10-,13-,14+/m0/s1. The van der Waals surface area contributed by atoms with Crippen LogP contribution in [0, 0.1) is 23.7 Å². The molecule has 2 bridgehead atoms. The van der Waals surface area contributed by atoms with Crippen molar-refractivity contribution in [3.05, 3.63) is 16.5 Å². The summed E-state index contributed by atoms with van der Waals surface area (Å²) in [5.41, 5.74) is 0.354. The monoisotopic (exact) mass is 365 g/mol. The fraction of sp³-hybridized carbons (Fsp3) is 0.611. The number of amides is 1. The average Bonchev–Trinajstić information content (AvgIpc) is 3.28. The molecule has 3 rings (SSSR count). The molecule has 0 aromatic carbocycles. The third-order valence-corrected chi connectivity index (χ3v) is 6.56. The molecule has 4 atom stereocenters. The number of hydrogen-bond acceptors (Lipinski definition) is 5. The second kappa shape index (κ2) is 7.15. The van der Waals surface area contributed by atoms with Gasteiger partial charge in [0.15, 0.2) is 0 Å². The Labute approximate surface area is 150 Å². The Balaban J connectivity index is 1.82. The Bertz CT molecular complexity index is 698. The fourth-order valence-corrected chi connectivity index (χ4v) is 5.28. The molecule has 1 amide bonds. The molecule has 2 aliphatic rings. The van der Waals surface area contributed by atoms with Crippen molar-refractivity contribution in [3.63, 3.8) is 0 Å². The molecular formula is C18H23NO5S. The summed E-state index contributed by atoms with van der Waals surface area (Å²) >= 11 is 1.35. The molecule has 0 radical (unpaired) electrons. The number of carbonyl (C=O) groups is 3. The first-order chi connectivity index (χ1) is 12.0. The van der Waals surface area contributed by atoms with Crippen LogP contribution in [0.25, 0.3) is 0 Å². The number of fused-ring (bicyclic) bond motifs is 2. The molecular weight excluding hydrogens is 342 g/mol. The Kier molecular flexibility index (Phi) is 5.13. The highest BCUT2D eigenvalue weighted by atomic mass is 32.1. The summed E-state index contributed by atoms with van der Waals surface area (Å²) in [7, 11) is 0. The third kappa shape index (κ3) is 3.29. The second-order valence-corrected chi connectivity index (χ2v) is 7.88. The van der Waals surface area contributed by atoms with Gasteiger partial charge in [0, 0.05) is 4.88 Å². The highest BCUT2D eigenvalue weighted by Crippen LogP contribution is 2.52. The third-order valence-electron chi connectivity index (χ3n) is 5.37. The summed E-state index contributed by atoms with van der Waals surface area (Å²) < 4.78 is 5.06. The van der Waals surface area contributed by atoms with Gasteiger partial charge in [-0.25, -0.2) is 4.79 Å². The number of thiophene rings is 1.